The van der Waals surface area contributed by atoms with Gasteiger partial charge in [-0.2, -0.15) is 0 Å². The van der Waals surface area contributed by atoms with Crippen molar-refractivity contribution in [3.8, 4) is 0 Å². The number of rotatable bonds is 7. The average Bonchev–Trinajstić information content (AvgIpc) is 2.81. The number of nitrogens with two attached hydrogens (primary N) is 1. The maximum Gasteiger partial charge on any atom is 0.152 e. The third-order valence-corrected chi connectivity index (χ3v) is 3.41. The third-order valence-electron chi connectivity index (χ3n) is 3.41. The molecule has 2 heterocycles. The molecule has 20 heavy (non-hydrogen) atoms. The summed E-state index contributed by atoms with van der Waals surface area (Å²) < 4.78 is 2.09. The van der Waals surface area contributed by atoms with E-state index in [1.165, 1.54) is 0 Å². The Labute approximate surface area is 121 Å². The quantitative estimate of drug-likeness (QED) is 0.833. The van der Waals surface area contributed by atoms with Crippen LogP contribution >= 0.6 is 0 Å². The van der Waals surface area contributed by atoms with Crippen LogP contribution in [0.15, 0.2) is 24.4 Å². The number of pyridine rings is 1. The molecule has 0 saturated carbocycles. The molecule has 0 aliphatic rings. The molecule has 110 valence electrons. The van der Waals surface area contributed by atoms with E-state index in [0.29, 0.717) is 6.54 Å². The maximum atomic E-state index is 5.95. The van der Waals surface area contributed by atoms with Gasteiger partial charge in [0, 0.05) is 32.4 Å². The molecule has 0 spiro atoms. The molecule has 0 aromatic carbocycles. The Morgan fingerprint density at radius 2 is 2.00 bits per heavy atom. The molecule has 0 bridgehead atoms. The molecule has 0 aliphatic heterocycles. The highest BCUT2D eigenvalue weighted by atomic mass is 15.2. The van der Waals surface area contributed by atoms with E-state index in [1.807, 2.05) is 24.4 Å². The van der Waals surface area contributed by atoms with Crippen molar-refractivity contribution in [3.05, 3.63) is 30.1 Å². The van der Waals surface area contributed by atoms with Crippen molar-refractivity contribution in [1.82, 2.24) is 14.3 Å². The van der Waals surface area contributed by atoms with Gasteiger partial charge in [-0.25, -0.2) is 4.98 Å². The lowest BCUT2D eigenvalue weighted by atomic mass is 10.3. The number of anilines is 1. The molecule has 0 amide bonds. The summed E-state index contributed by atoms with van der Waals surface area (Å²) in [4.78, 5) is 9.31. The van der Waals surface area contributed by atoms with Gasteiger partial charge in [0.15, 0.2) is 5.82 Å². The second-order valence-corrected chi connectivity index (χ2v) is 5.31. The minimum absolute atomic E-state index is 0.503. The van der Waals surface area contributed by atoms with Crippen LogP contribution in [0.4, 0.5) is 5.82 Å². The summed E-state index contributed by atoms with van der Waals surface area (Å²) in [6.07, 6.45) is 3.13. The predicted molar refractivity (Wildman–Crippen MR) is 84.1 cm³/mol. The van der Waals surface area contributed by atoms with Crippen LogP contribution in [0.5, 0.6) is 0 Å². The maximum absolute atomic E-state index is 5.95. The molecule has 0 atom stereocenters. The van der Waals surface area contributed by atoms with E-state index in [0.717, 1.165) is 43.2 Å². The van der Waals surface area contributed by atoms with Crippen LogP contribution in [-0.4, -0.2) is 48.0 Å². The molecule has 0 radical (unpaired) electrons. The van der Waals surface area contributed by atoms with E-state index >= 15 is 0 Å². The van der Waals surface area contributed by atoms with Crippen molar-refractivity contribution >= 4 is 11.5 Å². The Hall–Kier alpha value is -1.59. The van der Waals surface area contributed by atoms with Gasteiger partial charge < -0.3 is 19.9 Å². The number of hydrogen-bond acceptors (Lipinski definition) is 4. The second-order valence-electron chi connectivity index (χ2n) is 5.31. The Kier molecular flexibility index (Phi) is 4.98. The number of imidazole rings is 1. The van der Waals surface area contributed by atoms with Gasteiger partial charge in [-0.3, -0.25) is 0 Å². The molecule has 0 unspecified atom stereocenters. The summed E-state index contributed by atoms with van der Waals surface area (Å²) in [6, 6.07) is 6.05. The Bertz CT molecular complexity index is 546. The Balaban J connectivity index is 2.36. The average molecular weight is 275 g/mol. The van der Waals surface area contributed by atoms with Crippen molar-refractivity contribution in [3.63, 3.8) is 0 Å². The lowest BCUT2D eigenvalue weighted by molar-refractivity contribution is 0.412. The first-order chi connectivity index (χ1) is 9.67. The third kappa shape index (κ3) is 3.11. The van der Waals surface area contributed by atoms with Crippen molar-refractivity contribution < 1.29 is 0 Å². The summed E-state index contributed by atoms with van der Waals surface area (Å²) >= 11 is 0. The SMILES string of the molecule is CCCN(CCN(C)C)c1nc2ccccn2c1CN. The highest BCUT2D eigenvalue weighted by molar-refractivity contribution is 5.56. The van der Waals surface area contributed by atoms with E-state index < -0.39 is 0 Å². The van der Waals surface area contributed by atoms with Crippen LogP contribution in [0.2, 0.25) is 0 Å². The smallest absolute Gasteiger partial charge is 0.152 e. The number of aromatic nitrogens is 2. The van der Waals surface area contributed by atoms with Gasteiger partial charge in [0.05, 0.1) is 5.69 Å². The molecular weight excluding hydrogens is 250 g/mol. The van der Waals surface area contributed by atoms with Crippen LogP contribution in [0.1, 0.15) is 19.0 Å². The fourth-order valence-electron chi connectivity index (χ4n) is 2.39. The van der Waals surface area contributed by atoms with Crippen LogP contribution in [0, 0.1) is 0 Å². The first kappa shape index (κ1) is 14.8. The minimum atomic E-state index is 0.503. The molecule has 5 heteroatoms. The number of hydrogen-bond donors (Lipinski definition) is 1. The Morgan fingerprint density at radius 1 is 1.20 bits per heavy atom. The molecule has 5 nitrogen and oxygen atoms in total. The highest BCUT2D eigenvalue weighted by Gasteiger charge is 2.16. The van der Waals surface area contributed by atoms with Gasteiger partial charge in [0.2, 0.25) is 0 Å². The van der Waals surface area contributed by atoms with Gasteiger partial charge in [-0.1, -0.05) is 13.0 Å². The molecule has 0 fully saturated rings. The summed E-state index contributed by atoms with van der Waals surface area (Å²) in [7, 11) is 4.19. The second kappa shape index (κ2) is 6.72. The van der Waals surface area contributed by atoms with Crippen molar-refractivity contribution in [2.45, 2.75) is 19.9 Å². The van der Waals surface area contributed by atoms with Gasteiger partial charge >= 0.3 is 0 Å². The Morgan fingerprint density at radius 3 is 2.65 bits per heavy atom. The van der Waals surface area contributed by atoms with E-state index in [9.17, 15) is 0 Å². The molecule has 2 aromatic heterocycles. The highest BCUT2D eigenvalue weighted by Crippen LogP contribution is 2.21. The fraction of sp³-hybridized carbons (Fsp3) is 0.533. The minimum Gasteiger partial charge on any atom is -0.354 e. The summed E-state index contributed by atoms with van der Waals surface area (Å²) in [5.41, 5.74) is 8.01. The van der Waals surface area contributed by atoms with Gasteiger partial charge in [-0.15, -0.1) is 0 Å². The summed E-state index contributed by atoms with van der Waals surface area (Å²) in [6.45, 7) is 5.68. The van der Waals surface area contributed by atoms with Gasteiger partial charge in [0.25, 0.3) is 0 Å². The summed E-state index contributed by atoms with van der Waals surface area (Å²) in [5.74, 6) is 1.03. The lowest BCUT2D eigenvalue weighted by Crippen LogP contribution is -2.33. The van der Waals surface area contributed by atoms with Gasteiger partial charge in [-0.05, 0) is 32.6 Å². The van der Waals surface area contributed by atoms with Crippen molar-refractivity contribution in [2.75, 3.05) is 38.6 Å². The van der Waals surface area contributed by atoms with Crippen molar-refractivity contribution in [2.24, 2.45) is 5.73 Å². The first-order valence-electron chi connectivity index (χ1n) is 7.23. The van der Waals surface area contributed by atoms with Gasteiger partial charge in [0.1, 0.15) is 5.65 Å². The zero-order valence-electron chi connectivity index (χ0n) is 12.7. The molecular formula is C15H25N5. The number of likely N-dealkylation sites (N-methyl/N-ethyl adjacent to an activating group) is 1. The monoisotopic (exact) mass is 275 g/mol. The van der Waals surface area contributed by atoms with Crippen LogP contribution in [0.3, 0.4) is 0 Å². The summed E-state index contributed by atoms with van der Waals surface area (Å²) in [5, 5.41) is 0. The zero-order chi connectivity index (χ0) is 14.5. The standard InChI is InChI=1S/C15H25N5/c1-4-8-19(11-10-18(2)3)15-13(12-16)20-9-6-5-7-14(20)17-15/h5-7,9H,4,8,10-12,16H2,1-3H3. The van der Waals surface area contributed by atoms with Crippen LogP contribution in [-0.2, 0) is 6.54 Å². The zero-order valence-corrected chi connectivity index (χ0v) is 12.7. The van der Waals surface area contributed by atoms with Crippen LogP contribution < -0.4 is 10.6 Å². The van der Waals surface area contributed by atoms with Crippen molar-refractivity contribution in [1.29, 1.82) is 0 Å². The first-order valence-corrected chi connectivity index (χ1v) is 7.23. The molecule has 2 N–H and O–H groups in total. The number of fused-ring (bicyclic) bond motifs is 1. The molecule has 0 saturated heterocycles. The normalized spacial score (nSPS) is 11.4. The topological polar surface area (TPSA) is 49.8 Å². The van der Waals surface area contributed by atoms with E-state index in [-0.39, 0.29) is 0 Å². The number of nitrogens with zero attached hydrogens (tertiary/aromatic N) is 4. The lowest BCUT2D eigenvalue weighted by Gasteiger charge is -2.24. The molecule has 0 aliphatic carbocycles. The molecule has 2 aromatic rings. The van der Waals surface area contributed by atoms with E-state index in [4.69, 9.17) is 10.7 Å². The van der Waals surface area contributed by atoms with Crippen LogP contribution in [0.25, 0.3) is 5.65 Å². The van der Waals surface area contributed by atoms with E-state index in [1.54, 1.807) is 0 Å². The largest absolute Gasteiger partial charge is 0.354 e. The van der Waals surface area contributed by atoms with E-state index in [2.05, 4.69) is 35.2 Å². The molecule has 2 rings (SSSR count). The predicted octanol–water partition coefficient (Wildman–Crippen LogP) is 1.57. The fourth-order valence-corrected chi connectivity index (χ4v) is 2.39.